The first-order valence-corrected chi connectivity index (χ1v) is 7.91. The summed E-state index contributed by atoms with van der Waals surface area (Å²) in [7, 11) is 1.74. The largest absolute Gasteiger partial charge is 0.370 e. The molecule has 0 aromatic carbocycles. The van der Waals surface area contributed by atoms with E-state index in [1.807, 2.05) is 0 Å². The molecular weight excluding hydrogens is 270 g/mol. The Kier molecular flexibility index (Phi) is 4.28. The standard InChI is InChI=1S/C15H25N3O3/c1-10-5-7-15(19-2,8-6-10)14-17-13(21-18-14)12-4-3-11(9-16)20-12/h10-12H,3-9,16H2,1-2H3. The topological polar surface area (TPSA) is 83.4 Å². The predicted octanol–water partition coefficient (Wildman–Crippen LogP) is 2.30. The van der Waals surface area contributed by atoms with Gasteiger partial charge in [0.05, 0.1) is 6.10 Å². The number of rotatable bonds is 4. The van der Waals surface area contributed by atoms with Gasteiger partial charge in [0.2, 0.25) is 5.82 Å². The molecule has 1 saturated heterocycles. The molecule has 6 heteroatoms. The summed E-state index contributed by atoms with van der Waals surface area (Å²) >= 11 is 0. The third kappa shape index (κ3) is 2.84. The number of nitrogens with two attached hydrogens (primary N) is 1. The Morgan fingerprint density at radius 3 is 2.67 bits per heavy atom. The molecular formula is C15H25N3O3. The van der Waals surface area contributed by atoms with Crippen LogP contribution in [0.1, 0.15) is 63.3 Å². The van der Waals surface area contributed by atoms with Crippen molar-refractivity contribution in [1.29, 1.82) is 0 Å². The van der Waals surface area contributed by atoms with Crippen LogP contribution in [0, 0.1) is 5.92 Å². The summed E-state index contributed by atoms with van der Waals surface area (Å²) in [5.74, 6) is 1.98. The molecule has 1 aliphatic heterocycles. The molecule has 1 aromatic heterocycles. The van der Waals surface area contributed by atoms with Crippen LogP contribution in [0.2, 0.25) is 0 Å². The second kappa shape index (κ2) is 6.02. The van der Waals surface area contributed by atoms with Gasteiger partial charge in [-0.1, -0.05) is 12.1 Å². The Hall–Kier alpha value is -0.980. The third-order valence-electron chi connectivity index (χ3n) is 4.97. The zero-order valence-electron chi connectivity index (χ0n) is 12.9. The molecule has 1 aliphatic carbocycles. The lowest BCUT2D eigenvalue weighted by Crippen LogP contribution is -2.34. The van der Waals surface area contributed by atoms with Crippen molar-refractivity contribution in [1.82, 2.24) is 10.1 Å². The second-order valence-electron chi connectivity index (χ2n) is 6.40. The van der Waals surface area contributed by atoms with E-state index in [2.05, 4.69) is 17.1 Å². The molecule has 0 spiro atoms. The number of hydrogen-bond donors (Lipinski definition) is 1. The van der Waals surface area contributed by atoms with Crippen LogP contribution in [0.5, 0.6) is 0 Å². The van der Waals surface area contributed by atoms with E-state index in [1.54, 1.807) is 7.11 Å². The minimum absolute atomic E-state index is 0.109. The minimum atomic E-state index is -0.389. The quantitative estimate of drug-likeness (QED) is 0.917. The average molecular weight is 295 g/mol. The summed E-state index contributed by atoms with van der Waals surface area (Å²) in [6, 6.07) is 0. The monoisotopic (exact) mass is 295 g/mol. The van der Waals surface area contributed by atoms with E-state index in [9.17, 15) is 0 Å². The van der Waals surface area contributed by atoms with Crippen molar-refractivity contribution < 1.29 is 14.0 Å². The van der Waals surface area contributed by atoms with E-state index < -0.39 is 0 Å². The smallest absolute Gasteiger partial charge is 0.255 e. The van der Waals surface area contributed by atoms with Gasteiger partial charge in [-0.2, -0.15) is 4.98 Å². The summed E-state index contributed by atoms with van der Waals surface area (Å²) in [5, 5.41) is 4.18. The maximum absolute atomic E-state index is 5.82. The normalized spacial score (nSPS) is 37.0. The van der Waals surface area contributed by atoms with E-state index in [4.69, 9.17) is 19.7 Å². The highest BCUT2D eigenvalue weighted by Gasteiger charge is 2.41. The fourth-order valence-electron chi connectivity index (χ4n) is 3.36. The molecule has 2 atom stereocenters. The van der Waals surface area contributed by atoms with Crippen molar-refractivity contribution in [2.45, 2.75) is 63.3 Å². The molecule has 3 rings (SSSR count). The SMILES string of the molecule is COC1(c2noc(C3CCC(CN)O3)n2)CCC(C)CC1. The van der Waals surface area contributed by atoms with Crippen LogP contribution in [-0.2, 0) is 15.1 Å². The van der Waals surface area contributed by atoms with E-state index in [-0.39, 0.29) is 17.8 Å². The molecule has 2 aliphatic rings. The van der Waals surface area contributed by atoms with Crippen molar-refractivity contribution >= 4 is 0 Å². The number of aromatic nitrogens is 2. The molecule has 0 amide bonds. The molecule has 2 N–H and O–H groups in total. The summed E-state index contributed by atoms with van der Waals surface area (Å²) in [4.78, 5) is 4.58. The minimum Gasteiger partial charge on any atom is -0.370 e. The Labute approximate surface area is 125 Å². The van der Waals surface area contributed by atoms with Gasteiger partial charge in [-0.05, 0) is 44.4 Å². The zero-order chi connectivity index (χ0) is 14.9. The van der Waals surface area contributed by atoms with Crippen LogP contribution in [-0.4, -0.2) is 29.9 Å². The van der Waals surface area contributed by atoms with Crippen LogP contribution in [0.4, 0.5) is 0 Å². The second-order valence-corrected chi connectivity index (χ2v) is 6.40. The Morgan fingerprint density at radius 2 is 2.05 bits per heavy atom. The maximum atomic E-state index is 5.82. The van der Waals surface area contributed by atoms with Gasteiger partial charge >= 0.3 is 0 Å². The number of nitrogens with zero attached hydrogens (tertiary/aromatic N) is 2. The fourth-order valence-corrected chi connectivity index (χ4v) is 3.36. The molecule has 21 heavy (non-hydrogen) atoms. The summed E-state index contributed by atoms with van der Waals surface area (Å²) in [6.45, 7) is 2.82. The van der Waals surface area contributed by atoms with E-state index >= 15 is 0 Å². The van der Waals surface area contributed by atoms with Gasteiger partial charge in [-0.25, -0.2) is 0 Å². The molecule has 2 unspecified atom stereocenters. The summed E-state index contributed by atoms with van der Waals surface area (Å²) in [5.41, 5.74) is 5.25. The number of hydrogen-bond acceptors (Lipinski definition) is 6. The van der Waals surface area contributed by atoms with Gasteiger partial charge in [0, 0.05) is 13.7 Å². The van der Waals surface area contributed by atoms with Crippen molar-refractivity contribution in [3.05, 3.63) is 11.7 Å². The van der Waals surface area contributed by atoms with Crippen LogP contribution in [0.3, 0.4) is 0 Å². The van der Waals surface area contributed by atoms with Gasteiger partial charge in [-0.3, -0.25) is 0 Å². The Bertz CT molecular complexity index is 468. The summed E-state index contributed by atoms with van der Waals surface area (Å²) < 4.78 is 17.0. The first kappa shape index (κ1) is 14.9. The van der Waals surface area contributed by atoms with Crippen molar-refractivity contribution in [2.24, 2.45) is 11.7 Å². The molecule has 0 radical (unpaired) electrons. The van der Waals surface area contributed by atoms with Crippen LogP contribution in [0.15, 0.2) is 4.52 Å². The molecule has 6 nitrogen and oxygen atoms in total. The van der Waals surface area contributed by atoms with Gasteiger partial charge in [0.1, 0.15) is 11.7 Å². The predicted molar refractivity (Wildman–Crippen MR) is 76.5 cm³/mol. The summed E-state index contributed by atoms with van der Waals surface area (Å²) in [6.07, 6.45) is 5.99. The lowest BCUT2D eigenvalue weighted by molar-refractivity contribution is -0.0609. The molecule has 1 aromatic rings. The average Bonchev–Trinajstić information content (AvgIpc) is 3.17. The molecule has 0 bridgehead atoms. The number of ether oxygens (including phenoxy) is 2. The fraction of sp³-hybridized carbons (Fsp3) is 0.867. The van der Waals surface area contributed by atoms with E-state index in [1.165, 1.54) is 0 Å². The third-order valence-corrected chi connectivity index (χ3v) is 4.97. The molecule has 1 saturated carbocycles. The van der Waals surface area contributed by atoms with Gasteiger partial charge in [-0.15, -0.1) is 0 Å². The van der Waals surface area contributed by atoms with Crippen LogP contribution in [0.25, 0.3) is 0 Å². The molecule has 2 fully saturated rings. The van der Waals surface area contributed by atoms with Gasteiger partial charge in [0.25, 0.3) is 5.89 Å². The molecule has 118 valence electrons. The number of methoxy groups -OCH3 is 1. The van der Waals surface area contributed by atoms with Crippen molar-refractivity contribution in [3.63, 3.8) is 0 Å². The first-order valence-electron chi connectivity index (χ1n) is 7.91. The highest BCUT2D eigenvalue weighted by molar-refractivity contribution is 5.05. The maximum Gasteiger partial charge on any atom is 0.255 e. The van der Waals surface area contributed by atoms with E-state index in [0.717, 1.165) is 44.4 Å². The van der Waals surface area contributed by atoms with Gasteiger partial charge < -0.3 is 19.7 Å². The van der Waals surface area contributed by atoms with Crippen LogP contribution >= 0.6 is 0 Å². The van der Waals surface area contributed by atoms with Crippen molar-refractivity contribution in [2.75, 3.05) is 13.7 Å². The lowest BCUT2D eigenvalue weighted by Gasteiger charge is -2.35. The zero-order valence-corrected chi connectivity index (χ0v) is 12.9. The molecule has 2 heterocycles. The Morgan fingerprint density at radius 1 is 1.29 bits per heavy atom. The van der Waals surface area contributed by atoms with Crippen LogP contribution < -0.4 is 5.73 Å². The highest BCUT2D eigenvalue weighted by Crippen LogP contribution is 2.41. The highest BCUT2D eigenvalue weighted by atomic mass is 16.5. The Balaban J connectivity index is 1.74. The van der Waals surface area contributed by atoms with Crippen molar-refractivity contribution in [3.8, 4) is 0 Å². The van der Waals surface area contributed by atoms with Gasteiger partial charge in [0.15, 0.2) is 0 Å². The lowest BCUT2D eigenvalue weighted by atomic mass is 9.79. The van der Waals surface area contributed by atoms with E-state index in [0.29, 0.717) is 18.3 Å². The first-order chi connectivity index (χ1) is 10.2.